The molecule has 0 fully saturated rings. The first kappa shape index (κ1) is 11.8. The molecule has 0 bridgehead atoms. The number of benzene rings is 1. The number of rotatable bonds is 2. The predicted octanol–water partition coefficient (Wildman–Crippen LogP) is 2.30. The van der Waals surface area contributed by atoms with E-state index in [1.54, 1.807) is 6.92 Å². The highest BCUT2D eigenvalue weighted by atomic mass is 19.4. The highest BCUT2D eigenvalue weighted by molar-refractivity contribution is 5.38. The lowest BCUT2D eigenvalue weighted by Crippen LogP contribution is -2.18. The van der Waals surface area contributed by atoms with Gasteiger partial charge in [-0.15, -0.1) is 0 Å². The first-order valence-corrected chi connectivity index (χ1v) is 4.45. The second-order valence-corrected chi connectivity index (χ2v) is 3.53. The zero-order valence-corrected chi connectivity index (χ0v) is 8.17. The van der Waals surface area contributed by atoms with Gasteiger partial charge in [0, 0.05) is 6.04 Å². The second kappa shape index (κ2) is 4.10. The van der Waals surface area contributed by atoms with Crippen molar-refractivity contribution in [1.29, 1.82) is 0 Å². The summed E-state index contributed by atoms with van der Waals surface area (Å²) in [6.45, 7) is 1.71. The van der Waals surface area contributed by atoms with Crippen LogP contribution in [0.1, 0.15) is 18.1 Å². The molecule has 1 aromatic rings. The van der Waals surface area contributed by atoms with Crippen LogP contribution in [0, 0.1) is 0 Å². The molecule has 0 aliphatic carbocycles. The number of hydrogen-bond acceptors (Lipinski definition) is 2. The Morgan fingerprint density at radius 2 is 2.00 bits per heavy atom. The van der Waals surface area contributed by atoms with Crippen molar-refractivity contribution < 1.29 is 18.3 Å². The van der Waals surface area contributed by atoms with Gasteiger partial charge in [0.15, 0.2) is 0 Å². The summed E-state index contributed by atoms with van der Waals surface area (Å²) < 4.78 is 37.1. The third kappa shape index (κ3) is 3.13. The Morgan fingerprint density at radius 3 is 2.47 bits per heavy atom. The fraction of sp³-hybridized carbons (Fsp3) is 0.400. The Labute approximate surface area is 85.5 Å². The van der Waals surface area contributed by atoms with Gasteiger partial charge in [-0.2, -0.15) is 13.2 Å². The number of phenolic OH excluding ortho intramolecular Hbond substituents is 1. The summed E-state index contributed by atoms with van der Waals surface area (Å²) in [6.07, 6.45) is -4.18. The molecule has 1 aromatic carbocycles. The number of halogens is 3. The van der Waals surface area contributed by atoms with Crippen LogP contribution in [0.3, 0.4) is 0 Å². The number of alkyl halides is 3. The highest BCUT2D eigenvalue weighted by Gasteiger charge is 2.33. The summed E-state index contributed by atoms with van der Waals surface area (Å²) in [5.74, 6) is -0.754. The molecule has 1 rings (SSSR count). The zero-order chi connectivity index (χ0) is 11.6. The monoisotopic (exact) mass is 219 g/mol. The van der Waals surface area contributed by atoms with Gasteiger partial charge in [0.2, 0.25) is 0 Å². The number of phenols is 1. The third-order valence-corrected chi connectivity index (χ3v) is 1.92. The quantitative estimate of drug-likeness (QED) is 0.801. The molecule has 0 spiro atoms. The van der Waals surface area contributed by atoms with Gasteiger partial charge >= 0.3 is 6.18 Å². The number of aromatic hydroxyl groups is 1. The standard InChI is InChI=1S/C10H12F3NO/c1-6(14)4-7-2-3-9(15)8(5-7)10(11,12)13/h2-3,5-6,15H,4,14H2,1H3. The molecule has 84 valence electrons. The molecule has 0 aliphatic rings. The van der Waals surface area contributed by atoms with Crippen molar-refractivity contribution in [3.05, 3.63) is 29.3 Å². The molecular weight excluding hydrogens is 207 g/mol. The molecule has 5 heteroatoms. The van der Waals surface area contributed by atoms with E-state index < -0.39 is 17.5 Å². The highest BCUT2D eigenvalue weighted by Crippen LogP contribution is 2.36. The summed E-state index contributed by atoms with van der Waals surface area (Å²) in [5, 5.41) is 9.05. The lowest BCUT2D eigenvalue weighted by molar-refractivity contribution is -0.138. The van der Waals surface area contributed by atoms with Crippen LogP contribution in [0.5, 0.6) is 5.75 Å². The maximum absolute atomic E-state index is 12.4. The normalized spacial score (nSPS) is 13.9. The third-order valence-electron chi connectivity index (χ3n) is 1.92. The van der Waals surface area contributed by atoms with Crippen LogP contribution in [0.2, 0.25) is 0 Å². The van der Waals surface area contributed by atoms with Crippen LogP contribution in [0.4, 0.5) is 13.2 Å². The van der Waals surface area contributed by atoms with E-state index >= 15 is 0 Å². The van der Waals surface area contributed by atoms with Gasteiger partial charge in [0.25, 0.3) is 0 Å². The van der Waals surface area contributed by atoms with Crippen molar-refractivity contribution in [1.82, 2.24) is 0 Å². The minimum absolute atomic E-state index is 0.212. The molecule has 1 atom stereocenters. The molecule has 3 N–H and O–H groups in total. The summed E-state index contributed by atoms with van der Waals surface area (Å²) in [7, 11) is 0. The summed E-state index contributed by atoms with van der Waals surface area (Å²) in [6, 6.07) is 3.20. The van der Waals surface area contributed by atoms with E-state index in [1.807, 2.05) is 0 Å². The van der Waals surface area contributed by atoms with E-state index in [1.165, 1.54) is 6.07 Å². The van der Waals surface area contributed by atoms with Crippen LogP contribution in [0.15, 0.2) is 18.2 Å². The van der Waals surface area contributed by atoms with Gasteiger partial charge in [-0.3, -0.25) is 0 Å². The van der Waals surface area contributed by atoms with Crippen LogP contribution < -0.4 is 5.73 Å². The van der Waals surface area contributed by atoms with Crippen molar-refractivity contribution in [3.8, 4) is 5.75 Å². The van der Waals surface area contributed by atoms with Gasteiger partial charge in [0.1, 0.15) is 5.75 Å². The molecule has 0 radical (unpaired) electrons. The SMILES string of the molecule is CC(N)Cc1ccc(O)c(C(F)(F)F)c1. The van der Waals surface area contributed by atoms with E-state index in [2.05, 4.69) is 0 Å². The molecule has 0 saturated heterocycles. The van der Waals surface area contributed by atoms with Crippen LogP contribution in [-0.2, 0) is 12.6 Å². The number of hydrogen-bond donors (Lipinski definition) is 2. The van der Waals surface area contributed by atoms with E-state index in [4.69, 9.17) is 10.8 Å². The fourth-order valence-electron chi connectivity index (χ4n) is 1.31. The van der Waals surface area contributed by atoms with Crippen molar-refractivity contribution in [3.63, 3.8) is 0 Å². The van der Waals surface area contributed by atoms with Crippen molar-refractivity contribution in [2.75, 3.05) is 0 Å². The summed E-state index contributed by atoms with van der Waals surface area (Å²) in [5.41, 5.74) is 4.93. The minimum atomic E-state index is -4.53. The zero-order valence-electron chi connectivity index (χ0n) is 8.17. The summed E-state index contributed by atoms with van der Waals surface area (Å²) in [4.78, 5) is 0. The Hall–Kier alpha value is -1.23. The molecule has 1 unspecified atom stereocenters. The molecule has 15 heavy (non-hydrogen) atoms. The number of nitrogens with two attached hydrogens (primary N) is 1. The predicted molar refractivity (Wildman–Crippen MR) is 50.5 cm³/mol. The first-order chi connectivity index (χ1) is 6.80. The maximum Gasteiger partial charge on any atom is 0.419 e. The first-order valence-electron chi connectivity index (χ1n) is 4.45. The molecule has 0 aliphatic heterocycles. The Kier molecular flexibility index (Phi) is 3.24. The van der Waals surface area contributed by atoms with E-state index in [9.17, 15) is 13.2 Å². The van der Waals surface area contributed by atoms with Gasteiger partial charge in [-0.1, -0.05) is 6.07 Å². The smallest absolute Gasteiger partial charge is 0.419 e. The molecule has 0 amide bonds. The molecular formula is C10H12F3NO. The topological polar surface area (TPSA) is 46.2 Å². The van der Waals surface area contributed by atoms with E-state index in [-0.39, 0.29) is 6.04 Å². The summed E-state index contributed by atoms with van der Waals surface area (Å²) >= 11 is 0. The average Bonchev–Trinajstić information content (AvgIpc) is 2.05. The van der Waals surface area contributed by atoms with Crippen molar-refractivity contribution >= 4 is 0 Å². The molecule has 0 aromatic heterocycles. The van der Waals surface area contributed by atoms with Crippen molar-refractivity contribution in [2.45, 2.75) is 25.6 Å². The second-order valence-electron chi connectivity index (χ2n) is 3.53. The lowest BCUT2D eigenvalue weighted by Gasteiger charge is -2.11. The molecule has 2 nitrogen and oxygen atoms in total. The Balaban J connectivity index is 3.06. The van der Waals surface area contributed by atoms with Crippen LogP contribution >= 0.6 is 0 Å². The van der Waals surface area contributed by atoms with Gasteiger partial charge in [-0.25, -0.2) is 0 Å². The van der Waals surface area contributed by atoms with Crippen LogP contribution in [-0.4, -0.2) is 11.1 Å². The van der Waals surface area contributed by atoms with Gasteiger partial charge in [-0.05, 0) is 31.0 Å². The maximum atomic E-state index is 12.4. The van der Waals surface area contributed by atoms with E-state index in [0.717, 1.165) is 12.1 Å². The molecule has 0 heterocycles. The van der Waals surface area contributed by atoms with Crippen LogP contribution in [0.25, 0.3) is 0 Å². The molecule has 0 saturated carbocycles. The fourth-order valence-corrected chi connectivity index (χ4v) is 1.31. The average molecular weight is 219 g/mol. The van der Waals surface area contributed by atoms with Gasteiger partial charge < -0.3 is 10.8 Å². The minimum Gasteiger partial charge on any atom is -0.507 e. The largest absolute Gasteiger partial charge is 0.507 e. The Morgan fingerprint density at radius 1 is 1.40 bits per heavy atom. The lowest BCUT2D eigenvalue weighted by atomic mass is 10.0. The Bertz CT molecular complexity index is 347. The van der Waals surface area contributed by atoms with Gasteiger partial charge in [0.05, 0.1) is 5.56 Å². The van der Waals surface area contributed by atoms with E-state index in [0.29, 0.717) is 12.0 Å². The van der Waals surface area contributed by atoms with Crippen molar-refractivity contribution in [2.24, 2.45) is 5.73 Å².